The number of hydrogen-bond donors (Lipinski definition) is 0. The quantitative estimate of drug-likeness (QED) is 0.464. The van der Waals surface area contributed by atoms with E-state index in [1.165, 1.54) is 17.4 Å². The lowest BCUT2D eigenvalue weighted by Crippen LogP contribution is -2.38. The smallest absolute Gasteiger partial charge is 0.273 e. The van der Waals surface area contributed by atoms with Crippen LogP contribution in [0.25, 0.3) is 10.2 Å². The molecule has 0 N–H and O–H groups in total. The van der Waals surface area contributed by atoms with Crippen molar-refractivity contribution in [3.63, 3.8) is 0 Å². The van der Waals surface area contributed by atoms with Crippen molar-refractivity contribution in [1.29, 1.82) is 0 Å². The molecule has 1 aromatic heterocycles. The Bertz CT molecular complexity index is 980. The van der Waals surface area contributed by atoms with Gasteiger partial charge < -0.3 is 4.74 Å². The fraction of sp³-hybridized carbons (Fsp3) is 0.300. The molecule has 1 unspecified atom stereocenters. The number of nitro groups is 1. The highest BCUT2D eigenvalue weighted by Crippen LogP contribution is 2.30. The highest BCUT2D eigenvalue weighted by atomic mass is 32.1. The van der Waals surface area contributed by atoms with E-state index in [2.05, 4.69) is 4.98 Å². The number of nitrogens with zero attached hydrogens (tertiary/aromatic N) is 3. The van der Waals surface area contributed by atoms with Gasteiger partial charge in [-0.2, -0.15) is 0 Å². The molecule has 1 atom stereocenters. The van der Waals surface area contributed by atoms with Crippen molar-refractivity contribution < 1.29 is 14.5 Å². The normalized spacial score (nSPS) is 16.4. The lowest BCUT2D eigenvalue weighted by Gasteiger charge is -2.23. The summed E-state index contributed by atoms with van der Waals surface area (Å²) in [6.45, 7) is 1.09. The number of ether oxygens (including phenoxy) is 1. The lowest BCUT2D eigenvalue weighted by atomic mass is 10.1. The fourth-order valence-electron chi connectivity index (χ4n) is 3.35. The Balaban J connectivity index is 1.64. The van der Waals surface area contributed by atoms with Crippen LogP contribution in [0.5, 0.6) is 0 Å². The van der Waals surface area contributed by atoms with Gasteiger partial charge in [0.1, 0.15) is 0 Å². The summed E-state index contributed by atoms with van der Waals surface area (Å²) in [4.78, 5) is 30.2. The zero-order chi connectivity index (χ0) is 19.5. The largest absolute Gasteiger partial charge is 0.376 e. The van der Waals surface area contributed by atoms with Crippen LogP contribution in [0, 0.1) is 10.1 Å². The van der Waals surface area contributed by atoms with Crippen LogP contribution < -0.4 is 4.90 Å². The third-order valence-electron chi connectivity index (χ3n) is 4.75. The maximum absolute atomic E-state index is 13.2. The third-order valence-corrected chi connectivity index (χ3v) is 5.81. The van der Waals surface area contributed by atoms with Gasteiger partial charge in [0.2, 0.25) is 5.91 Å². The molecule has 3 aromatic rings. The van der Waals surface area contributed by atoms with Crippen LogP contribution in [0.1, 0.15) is 18.4 Å². The summed E-state index contributed by atoms with van der Waals surface area (Å²) in [6, 6.07) is 14.1. The molecule has 4 rings (SSSR count). The Morgan fingerprint density at radius 1 is 1.25 bits per heavy atom. The molecular weight excluding hydrogens is 378 g/mol. The Kier molecular flexibility index (Phi) is 5.31. The molecule has 0 spiro atoms. The van der Waals surface area contributed by atoms with E-state index in [4.69, 9.17) is 4.74 Å². The molecule has 2 aromatic carbocycles. The summed E-state index contributed by atoms with van der Waals surface area (Å²) in [5.74, 6) is -0.219. The van der Waals surface area contributed by atoms with Crippen LogP contribution in [0.4, 0.5) is 10.8 Å². The minimum absolute atomic E-state index is 0.0401. The van der Waals surface area contributed by atoms with Crippen LogP contribution in [0.3, 0.4) is 0 Å². The minimum Gasteiger partial charge on any atom is -0.376 e. The van der Waals surface area contributed by atoms with E-state index in [1.54, 1.807) is 23.1 Å². The van der Waals surface area contributed by atoms with E-state index in [1.807, 2.05) is 24.3 Å². The van der Waals surface area contributed by atoms with Crippen LogP contribution >= 0.6 is 11.3 Å². The topological polar surface area (TPSA) is 85.6 Å². The molecule has 8 heteroatoms. The zero-order valence-electron chi connectivity index (χ0n) is 15.1. The number of carbonyl (C=O) groups is 1. The van der Waals surface area contributed by atoms with Gasteiger partial charge in [0.15, 0.2) is 5.13 Å². The second-order valence-corrected chi connectivity index (χ2v) is 7.68. The van der Waals surface area contributed by atoms with Crippen molar-refractivity contribution in [3.05, 3.63) is 64.2 Å². The average Bonchev–Trinajstić information content (AvgIpc) is 3.35. The van der Waals surface area contributed by atoms with Crippen LogP contribution in [0.2, 0.25) is 0 Å². The maximum Gasteiger partial charge on any atom is 0.273 e. The van der Waals surface area contributed by atoms with E-state index < -0.39 is 4.92 Å². The monoisotopic (exact) mass is 397 g/mol. The van der Waals surface area contributed by atoms with Gasteiger partial charge in [0, 0.05) is 18.2 Å². The fourth-order valence-corrected chi connectivity index (χ4v) is 4.34. The van der Waals surface area contributed by atoms with Crippen molar-refractivity contribution in [2.45, 2.75) is 25.4 Å². The van der Waals surface area contributed by atoms with E-state index in [9.17, 15) is 14.9 Å². The number of aromatic nitrogens is 1. The van der Waals surface area contributed by atoms with Gasteiger partial charge in [-0.3, -0.25) is 19.8 Å². The Labute approximate surface area is 165 Å². The van der Waals surface area contributed by atoms with Crippen LogP contribution in [-0.4, -0.2) is 35.1 Å². The number of thiazole rings is 1. The van der Waals surface area contributed by atoms with Gasteiger partial charge in [-0.25, -0.2) is 4.98 Å². The number of fused-ring (bicyclic) bond motifs is 1. The number of carbonyl (C=O) groups excluding carboxylic acids is 1. The average molecular weight is 397 g/mol. The number of hydrogen-bond acceptors (Lipinski definition) is 6. The molecule has 144 valence electrons. The predicted octanol–water partition coefficient (Wildman–Crippen LogP) is 3.96. The van der Waals surface area contributed by atoms with E-state index in [0.717, 1.165) is 23.1 Å². The summed E-state index contributed by atoms with van der Waals surface area (Å²) in [5, 5.41) is 11.9. The molecule has 0 saturated carbocycles. The molecule has 0 bridgehead atoms. The number of para-hydroxylation sites is 2. The standard InChI is InChI=1S/C20H19N3O4S/c24-19(12-14-6-1-3-9-17(14)23(25)26)22(13-15-7-5-11-27-15)20-21-16-8-2-4-10-18(16)28-20/h1-4,6,8-10,15H,5,7,11-13H2. The van der Waals surface area contributed by atoms with Gasteiger partial charge in [0.25, 0.3) is 5.69 Å². The molecule has 0 aliphatic carbocycles. The molecule has 1 saturated heterocycles. The molecule has 2 heterocycles. The number of benzene rings is 2. The maximum atomic E-state index is 13.2. The first kappa shape index (κ1) is 18.5. The van der Waals surface area contributed by atoms with Crippen molar-refractivity contribution in [2.24, 2.45) is 0 Å². The van der Waals surface area contributed by atoms with Gasteiger partial charge in [-0.15, -0.1) is 0 Å². The number of nitro benzene ring substituents is 1. The number of anilines is 1. The highest BCUT2D eigenvalue weighted by molar-refractivity contribution is 7.22. The van der Waals surface area contributed by atoms with Crippen molar-refractivity contribution in [2.75, 3.05) is 18.1 Å². The molecule has 0 radical (unpaired) electrons. The van der Waals surface area contributed by atoms with E-state index in [-0.39, 0.29) is 24.1 Å². The second kappa shape index (κ2) is 8.04. The second-order valence-electron chi connectivity index (χ2n) is 6.67. The first-order valence-corrected chi connectivity index (χ1v) is 9.93. The summed E-state index contributed by atoms with van der Waals surface area (Å²) in [5.41, 5.74) is 1.19. The van der Waals surface area contributed by atoms with Gasteiger partial charge in [0.05, 0.1) is 34.2 Å². The first-order valence-electron chi connectivity index (χ1n) is 9.11. The SMILES string of the molecule is O=C(Cc1ccccc1[N+](=O)[O-])N(CC1CCCO1)c1nc2ccccc2s1. The summed E-state index contributed by atoms with van der Waals surface area (Å²) < 4.78 is 6.71. The minimum atomic E-state index is -0.454. The number of rotatable bonds is 6. The van der Waals surface area contributed by atoms with Crippen molar-refractivity contribution in [3.8, 4) is 0 Å². The Morgan fingerprint density at radius 3 is 2.79 bits per heavy atom. The molecule has 1 amide bonds. The van der Waals surface area contributed by atoms with Crippen LogP contribution in [0.15, 0.2) is 48.5 Å². The molecule has 28 heavy (non-hydrogen) atoms. The number of amides is 1. The Morgan fingerprint density at radius 2 is 2.04 bits per heavy atom. The lowest BCUT2D eigenvalue weighted by molar-refractivity contribution is -0.385. The van der Waals surface area contributed by atoms with Crippen molar-refractivity contribution >= 4 is 38.3 Å². The zero-order valence-corrected chi connectivity index (χ0v) is 15.9. The summed E-state index contributed by atoms with van der Waals surface area (Å²) in [7, 11) is 0. The van der Waals surface area contributed by atoms with Crippen molar-refractivity contribution in [1.82, 2.24) is 4.98 Å². The van der Waals surface area contributed by atoms with Gasteiger partial charge in [-0.1, -0.05) is 41.7 Å². The third kappa shape index (κ3) is 3.88. The molecule has 7 nitrogen and oxygen atoms in total. The van der Waals surface area contributed by atoms with Crippen LogP contribution in [-0.2, 0) is 16.0 Å². The van der Waals surface area contributed by atoms with E-state index in [0.29, 0.717) is 23.8 Å². The van der Waals surface area contributed by atoms with Gasteiger partial charge >= 0.3 is 0 Å². The predicted molar refractivity (Wildman–Crippen MR) is 108 cm³/mol. The Hall–Kier alpha value is -2.84. The molecular formula is C20H19N3O4S. The summed E-state index contributed by atoms with van der Waals surface area (Å²) >= 11 is 1.44. The van der Waals surface area contributed by atoms with E-state index >= 15 is 0 Å². The molecule has 1 aliphatic heterocycles. The first-order chi connectivity index (χ1) is 13.6. The van der Waals surface area contributed by atoms with Gasteiger partial charge in [-0.05, 0) is 25.0 Å². The summed E-state index contributed by atoms with van der Waals surface area (Å²) in [6.07, 6.45) is 1.76. The highest BCUT2D eigenvalue weighted by Gasteiger charge is 2.27. The molecule has 1 aliphatic rings. The molecule has 1 fully saturated rings.